The molecule has 0 fully saturated rings. The summed E-state index contributed by atoms with van der Waals surface area (Å²) >= 11 is 3.00. The molecular formula is C10H11BrN2. The molecule has 0 saturated carbocycles. The summed E-state index contributed by atoms with van der Waals surface area (Å²) in [4.78, 5) is 3.65. The Morgan fingerprint density at radius 2 is 2.23 bits per heavy atom. The van der Waals surface area contributed by atoms with Crippen LogP contribution in [0.5, 0.6) is 0 Å². The summed E-state index contributed by atoms with van der Waals surface area (Å²) < 4.78 is 68.2. The van der Waals surface area contributed by atoms with E-state index in [-0.39, 0.29) is 10.2 Å². The summed E-state index contributed by atoms with van der Waals surface area (Å²) in [7, 11) is 0. The van der Waals surface area contributed by atoms with Crippen molar-refractivity contribution in [2.24, 2.45) is 0 Å². The molecule has 0 aliphatic carbocycles. The molecule has 0 unspecified atom stereocenters. The van der Waals surface area contributed by atoms with Crippen LogP contribution >= 0.6 is 15.9 Å². The summed E-state index contributed by atoms with van der Waals surface area (Å²) in [6, 6.07) is 3.88. The topological polar surface area (TPSA) is 36.7 Å². The van der Waals surface area contributed by atoms with Crippen LogP contribution in [0.25, 0.3) is 0 Å². The van der Waals surface area contributed by atoms with Gasteiger partial charge in [-0.15, -0.1) is 0 Å². The molecule has 1 heterocycles. The monoisotopic (exact) mass is 247 g/mol. The van der Waals surface area contributed by atoms with E-state index in [4.69, 9.17) is 17.6 Å². The summed E-state index contributed by atoms with van der Waals surface area (Å²) in [5, 5.41) is 8.91. The molecule has 1 rings (SSSR count). The summed E-state index contributed by atoms with van der Waals surface area (Å²) in [5.41, 5.74) is -4.19. The Morgan fingerprint density at radius 3 is 2.77 bits per heavy atom. The number of aromatic nitrogens is 1. The first-order valence-electron chi connectivity index (χ1n) is 7.76. The van der Waals surface area contributed by atoms with Crippen molar-refractivity contribution >= 4 is 15.9 Å². The first kappa shape index (κ1) is 3.36. The van der Waals surface area contributed by atoms with E-state index in [0.717, 1.165) is 6.07 Å². The van der Waals surface area contributed by atoms with Gasteiger partial charge in [-0.3, -0.25) is 0 Å². The summed E-state index contributed by atoms with van der Waals surface area (Å²) in [5.74, 6) is 0. The summed E-state index contributed by atoms with van der Waals surface area (Å²) in [6.45, 7) is -10.2. The molecule has 0 amide bonds. The lowest BCUT2D eigenvalue weighted by atomic mass is 9.91. The Morgan fingerprint density at radius 1 is 1.54 bits per heavy atom. The van der Waals surface area contributed by atoms with E-state index in [1.54, 1.807) is 6.07 Å². The molecule has 1 aromatic rings. The molecule has 0 aliphatic rings. The first-order chi connectivity index (χ1) is 9.68. The molecule has 0 atom stereocenters. The maximum absolute atomic E-state index is 8.91. The van der Waals surface area contributed by atoms with Crippen molar-refractivity contribution in [3.8, 4) is 6.07 Å². The van der Waals surface area contributed by atoms with E-state index >= 15 is 0 Å². The van der Waals surface area contributed by atoms with Gasteiger partial charge in [0.1, 0.15) is 11.8 Å². The molecule has 0 aromatic carbocycles. The Labute approximate surface area is 99.4 Å². The second-order valence-corrected chi connectivity index (χ2v) is 3.33. The van der Waals surface area contributed by atoms with Gasteiger partial charge in [0.25, 0.3) is 0 Å². The highest BCUT2D eigenvalue weighted by Gasteiger charge is 2.16. The number of halogens is 1. The highest BCUT2D eigenvalue weighted by Crippen LogP contribution is 2.23. The molecule has 1 aromatic heterocycles. The quantitative estimate of drug-likeness (QED) is 0.707. The molecule has 0 radical (unpaired) electrons. The summed E-state index contributed by atoms with van der Waals surface area (Å²) in [6.07, 6.45) is 0. The van der Waals surface area contributed by atoms with Crippen LogP contribution in [-0.2, 0) is 5.41 Å². The van der Waals surface area contributed by atoms with Gasteiger partial charge in [0, 0.05) is 27.9 Å². The average molecular weight is 248 g/mol. The normalized spacial score (nSPS) is 24.2. The minimum absolute atomic E-state index is 0.163. The van der Waals surface area contributed by atoms with Gasteiger partial charge in [0.2, 0.25) is 0 Å². The molecule has 13 heavy (non-hydrogen) atoms. The van der Waals surface area contributed by atoms with Gasteiger partial charge in [-0.1, -0.05) is 36.5 Å². The largest absolute Gasteiger partial charge is 0.242 e. The van der Waals surface area contributed by atoms with Crippen LogP contribution in [0.3, 0.4) is 0 Å². The van der Waals surface area contributed by atoms with Crippen molar-refractivity contribution in [3.63, 3.8) is 0 Å². The fraction of sp³-hybridized carbons (Fsp3) is 0.400. The minimum Gasteiger partial charge on any atom is -0.242 e. The number of nitriles is 1. The molecular weight excluding hydrogens is 228 g/mol. The van der Waals surface area contributed by atoms with Gasteiger partial charge in [0.15, 0.2) is 0 Å². The van der Waals surface area contributed by atoms with Gasteiger partial charge in [-0.05, 0) is 12.1 Å². The van der Waals surface area contributed by atoms with Crippen LogP contribution in [0.1, 0.15) is 44.3 Å². The first-order valence-corrected chi connectivity index (χ1v) is 4.06. The van der Waals surface area contributed by atoms with E-state index in [1.807, 2.05) is 0 Å². The predicted octanol–water partition coefficient (Wildman–Crippen LogP) is 3.01. The fourth-order valence-electron chi connectivity index (χ4n) is 0.747. The van der Waals surface area contributed by atoms with Gasteiger partial charge in [-0.25, -0.2) is 4.98 Å². The highest BCUT2D eigenvalue weighted by atomic mass is 79.9. The number of hydrogen-bond donors (Lipinski definition) is 0. The fourth-order valence-corrected chi connectivity index (χ4v) is 1.18. The number of hydrogen-bond acceptors (Lipinski definition) is 2. The molecule has 68 valence electrons. The van der Waals surface area contributed by atoms with Crippen LogP contribution in [0, 0.1) is 11.3 Å². The predicted molar refractivity (Wildman–Crippen MR) is 55.4 cm³/mol. The van der Waals surface area contributed by atoms with Crippen LogP contribution in [-0.4, -0.2) is 4.98 Å². The Balaban J connectivity index is 3.96. The zero-order valence-corrected chi connectivity index (χ0v) is 8.01. The third-order valence-electron chi connectivity index (χ3n) is 1.29. The van der Waals surface area contributed by atoms with E-state index in [1.165, 1.54) is 6.07 Å². The zero-order valence-electron chi connectivity index (χ0n) is 15.4. The van der Waals surface area contributed by atoms with Gasteiger partial charge in [-0.2, -0.15) is 5.26 Å². The van der Waals surface area contributed by atoms with E-state index in [9.17, 15) is 0 Å². The van der Waals surface area contributed by atoms with Crippen molar-refractivity contribution in [3.05, 3.63) is 28.0 Å². The lowest BCUT2D eigenvalue weighted by molar-refractivity contribution is 0.567. The molecule has 0 spiro atoms. The third-order valence-corrected chi connectivity index (χ3v) is 1.75. The van der Waals surface area contributed by atoms with E-state index in [0.29, 0.717) is 0 Å². The van der Waals surface area contributed by atoms with Crippen molar-refractivity contribution in [1.29, 1.82) is 5.26 Å². The maximum Gasteiger partial charge on any atom is 0.141 e. The molecule has 0 aliphatic heterocycles. The lowest BCUT2D eigenvalue weighted by Crippen LogP contribution is -2.14. The lowest BCUT2D eigenvalue weighted by Gasteiger charge is -2.17. The van der Waals surface area contributed by atoms with Gasteiger partial charge < -0.3 is 0 Å². The van der Waals surface area contributed by atoms with Crippen molar-refractivity contribution in [2.45, 2.75) is 26.0 Å². The molecule has 0 saturated heterocycles. The second-order valence-electron chi connectivity index (χ2n) is 2.42. The Kier molecular flexibility index (Phi) is 0.896. The standard InChI is InChI=1S/C10H11BrN2/c1-10(2,3)9-5-7(11)4-8(6-12)13-9/h4-5H,1-3H3/i1D3,2D3,3D3. The third kappa shape index (κ3) is 2.53. The van der Waals surface area contributed by atoms with Crippen LogP contribution in [0.2, 0.25) is 0 Å². The molecule has 0 bridgehead atoms. The van der Waals surface area contributed by atoms with Crippen molar-refractivity contribution in [1.82, 2.24) is 4.98 Å². The molecule has 0 N–H and O–H groups in total. The van der Waals surface area contributed by atoms with Gasteiger partial charge >= 0.3 is 0 Å². The average Bonchev–Trinajstić information content (AvgIpc) is 2.22. The van der Waals surface area contributed by atoms with Gasteiger partial charge in [0.05, 0.1) is 0 Å². The van der Waals surface area contributed by atoms with E-state index in [2.05, 4.69) is 20.9 Å². The van der Waals surface area contributed by atoms with Crippen LogP contribution < -0.4 is 0 Å². The smallest absolute Gasteiger partial charge is 0.141 e. The second kappa shape index (κ2) is 3.47. The van der Waals surface area contributed by atoms with Crippen molar-refractivity contribution < 1.29 is 12.3 Å². The highest BCUT2D eigenvalue weighted by molar-refractivity contribution is 9.10. The Hall–Kier alpha value is -0.880. The molecule has 3 heteroatoms. The van der Waals surface area contributed by atoms with E-state index < -0.39 is 31.7 Å². The van der Waals surface area contributed by atoms with Crippen LogP contribution in [0.4, 0.5) is 0 Å². The minimum atomic E-state index is -3.40. The maximum atomic E-state index is 8.91. The van der Waals surface area contributed by atoms with Crippen LogP contribution in [0.15, 0.2) is 16.6 Å². The number of nitrogens with zero attached hydrogens (tertiary/aromatic N) is 2. The Bertz CT molecular complexity index is 573. The molecule has 2 nitrogen and oxygen atoms in total. The van der Waals surface area contributed by atoms with Crippen molar-refractivity contribution in [2.75, 3.05) is 0 Å². The SMILES string of the molecule is [2H]C([2H])([2H])C(c1cc(Br)cc(C#N)n1)(C([2H])([2H])[2H])C([2H])([2H])[2H]. The zero-order chi connectivity index (χ0) is 17.6. The number of pyridine rings is 1. The number of rotatable bonds is 0.